The third kappa shape index (κ3) is 3.53. The van der Waals surface area contributed by atoms with Crippen LogP contribution < -0.4 is 9.80 Å². The first-order valence-corrected chi connectivity index (χ1v) is 14.8. The van der Waals surface area contributed by atoms with Crippen molar-refractivity contribution in [3.05, 3.63) is 65.7 Å². The van der Waals surface area contributed by atoms with Crippen LogP contribution in [0.3, 0.4) is 0 Å². The molecule has 1 saturated carbocycles. The summed E-state index contributed by atoms with van der Waals surface area (Å²) < 4.78 is 5.43. The molecule has 7 rings (SSSR count). The number of imide groups is 2. The Labute approximate surface area is 252 Å². The van der Waals surface area contributed by atoms with Crippen molar-refractivity contribution in [2.75, 3.05) is 43.2 Å². The van der Waals surface area contributed by atoms with E-state index in [1.807, 2.05) is 18.2 Å². The van der Waals surface area contributed by atoms with E-state index in [1.54, 1.807) is 30.3 Å². The zero-order valence-electron chi connectivity index (χ0n) is 22.8. The summed E-state index contributed by atoms with van der Waals surface area (Å²) in [6, 6.07) is 13.8. The molecule has 218 valence electrons. The number of halogens is 2. The van der Waals surface area contributed by atoms with Gasteiger partial charge in [0.25, 0.3) is 11.8 Å². The number of alkyl halides is 2. The predicted octanol–water partition coefficient (Wildman–Crippen LogP) is 3.42. The topological polar surface area (TPSA) is 107 Å². The maximum absolute atomic E-state index is 14.2. The van der Waals surface area contributed by atoms with E-state index in [0.717, 1.165) is 23.7 Å². The number of amides is 4. The Bertz CT molecular complexity index is 1560. The number of morpholine rings is 1. The van der Waals surface area contributed by atoms with E-state index in [2.05, 4.69) is 4.90 Å². The number of rotatable bonds is 3. The smallest absolute Gasteiger partial charge is 0.253 e. The zero-order valence-corrected chi connectivity index (χ0v) is 24.3. The van der Waals surface area contributed by atoms with Crippen molar-refractivity contribution < 1.29 is 29.0 Å². The predicted molar refractivity (Wildman–Crippen MR) is 156 cm³/mol. The number of hydrogen-bond acceptors (Lipinski definition) is 7. The largest absolute Gasteiger partial charge is 0.508 e. The van der Waals surface area contributed by atoms with Crippen molar-refractivity contribution >= 4 is 58.2 Å². The van der Waals surface area contributed by atoms with E-state index in [0.29, 0.717) is 30.0 Å². The Morgan fingerprint density at radius 1 is 0.881 bits per heavy atom. The van der Waals surface area contributed by atoms with Crippen molar-refractivity contribution in [2.24, 2.45) is 17.8 Å². The van der Waals surface area contributed by atoms with Crippen molar-refractivity contribution in [1.29, 1.82) is 0 Å². The Morgan fingerprint density at radius 3 is 2.24 bits per heavy atom. The highest BCUT2D eigenvalue weighted by Crippen LogP contribution is 2.66. The van der Waals surface area contributed by atoms with Gasteiger partial charge < -0.3 is 14.7 Å². The average molecular weight is 610 g/mol. The summed E-state index contributed by atoms with van der Waals surface area (Å²) in [6.45, 7) is 2.81. The highest BCUT2D eigenvalue weighted by atomic mass is 35.5. The van der Waals surface area contributed by atoms with E-state index in [9.17, 15) is 24.3 Å². The van der Waals surface area contributed by atoms with Crippen LogP contribution in [0.5, 0.6) is 5.75 Å². The number of aromatic hydroxyl groups is 1. The molecule has 11 heteroatoms. The van der Waals surface area contributed by atoms with Gasteiger partial charge >= 0.3 is 0 Å². The minimum Gasteiger partial charge on any atom is -0.508 e. The molecule has 5 aliphatic rings. The van der Waals surface area contributed by atoms with Gasteiger partial charge in [0.15, 0.2) is 9.75 Å². The number of carbonyl (C=O) groups is 4. The molecule has 6 unspecified atom stereocenters. The second-order valence-electron chi connectivity index (χ2n) is 11.7. The Balaban J connectivity index is 1.29. The lowest BCUT2D eigenvalue weighted by Crippen LogP contribution is -2.60. The summed E-state index contributed by atoms with van der Waals surface area (Å²) in [6.07, 6.45) is 2.02. The molecular weight excluding hydrogens is 581 g/mol. The highest BCUT2D eigenvalue weighted by Gasteiger charge is 2.76. The molecule has 2 aromatic rings. The molecule has 0 spiro atoms. The summed E-state index contributed by atoms with van der Waals surface area (Å²) in [5.41, 5.74) is 2.45. The first-order valence-electron chi connectivity index (χ1n) is 14.1. The molecule has 0 aromatic heterocycles. The fourth-order valence-electron chi connectivity index (χ4n) is 7.71. The second kappa shape index (κ2) is 9.56. The summed E-state index contributed by atoms with van der Waals surface area (Å²) in [4.78, 5) is 55.6. The minimum absolute atomic E-state index is 0.0904. The van der Waals surface area contributed by atoms with Crippen LogP contribution in [0.2, 0.25) is 0 Å². The minimum atomic E-state index is -1.92. The van der Waals surface area contributed by atoms with Crippen LogP contribution in [0.4, 0.5) is 11.4 Å². The zero-order chi connectivity index (χ0) is 29.6. The molecule has 0 radical (unpaired) electrons. The third-order valence-electron chi connectivity index (χ3n) is 9.75. The maximum atomic E-state index is 14.2. The number of carbonyl (C=O) groups excluding carboxylic acids is 4. The van der Waals surface area contributed by atoms with Gasteiger partial charge in [-0.1, -0.05) is 29.8 Å². The second-order valence-corrected chi connectivity index (χ2v) is 12.9. The van der Waals surface area contributed by atoms with Crippen LogP contribution in [-0.4, -0.2) is 76.7 Å². The number of phenols is 1. The Kier molecular flexibility index (Phi) is 6.24. The summed E-state index contributed by atoms with van der Waals surface area (Å²) in [7, 11) is 1.34. The number of hydrogen-bond donors (Lipinski definition) is 1. The number of anilines is 2. The fourth-order valence-corrected chi connectivity index (χ4v) is 8.72. The first-order chi connectivity index (χ1) is 20.1. The average Bonchev–Trinajstić information content (AvgIpc) is 3.33. The van der Waals surface area contributed by atoms with Crippen LogP contribution in [0, 0.1) is 17.8 Å². The highest BCUT2D eigenvalue weighted by molar-refractivity contribution is 6.53. The van der Waals surface area contributed by atoms with Crippen LogP contribution in [-0.2, 0) is 23.9 Å². The quantitative estimate of drug-likeness (QED) is 0.323. The van der Waals surface area contributed by atoms with Crippen molar-refractivity contribution in [1.82, 2.24) is 4.90 Å². The molecule has 9 nitrogen and oxygen atoms in total. The molecule has 3 heterocycles. The maximum Gasteiger partial charge on any atom is 0.253 e. The van der Waals surface area contributed by atoms with Gasteiger partial charge in [0, 0.05) is 37.3 Å². The lowest BCUT2D eigenvalue weighted by molar-refractivity contribution is -0.138. The first kappa shape index (κ1) is 27.4. The molecule has 2 aromatic carbocycles. The number of likely N-dealkylation sites (tertiary alicyclic amines) is 1. The van der Waals surface area contributed by atoms with Crippen molar-refractivity contribution in [3.8, 4) is 5.75 Å². The summed E-state index contributed by atoms with van der Waals surface area (Å²) >= 11 is 14.3. The molecule has 4 amide bonds. The number of phenolic OH excluding ortho intramolecular Hbond substituents is 1. The van der Waals surface area contributed by atoms with Gasteiger partial charge in [-0.05, 0) is 49.1 Å². The molecule has 2 aliphatic carbocycles. The number of ether oxygens (including phenoxy) is 1. The van der Waals surface area contributed by atoms with Crippen LogP contribution in [0.1, 0.15) is 24.3 Å². The normalized spacial score (nSPS) is 34.4. The fraction of sp³-hybridized carbons (Fsp3) is 0.419. The van der Waals surface area contributed by atoms with Gasteiger partial charge in [0.2, 0.25) is 11.8 Å². The van der Waals surface area contributed by atoms with E-state index in [1.165, 1.54) is 18.0 Å². The lowest BCUT2D eigenvalue weighted by atomic mass is 9.56. The SMILES string of the molecule is CN1C(=O)C2(Cl)CC3C(=CCC4C(=O)N(c5ccc(N6CCOCC6)cc5)C(=O)C43)C(c3ccccc3O)C2(Cl)C1=O. The Morgan fingerprint density at radius 2 is 1.55 bits per heavy atom. The third-order valence-corrected chi connectivity index (χ3v) is 11.2. The molecular formula is C31H29Cl2N3O6. The molecule has 0 bridgehead atoms. The molecule has 42 heavy (non-hydrogen) atoms. The number of fused-ring (bicyclic) bond motifs is 4. The number of nitrogens with zero attached hydrogens (tertiary/aromatic N) is 3. The van der Waals surface area contributed by atoms with E-state index < -0.39 is 45.2 Å². The number of para-hydroxylation sites is 1. The lowest BCUT2D eigenvalue weighted by Gasteiger charge is -2.50. The summed E-state index contributed by atoms with van der Waals surface area (Å²) in [5.74, 6) is -5.17. The molecule has 3 saturated heterocycles. The van der Waals surface area contributed by atoms with Crippen molar-refractivity contribution in [3.63, 3.8) is 0 Å². The van der Waals surface area contributed by atoms with Gasteiger partial charge in [-0.2, -0.15) is 0 Å². The standard InChI is InChI=1S/C31H29Cl2N3O6/c1-34-28(40)30(32)16-22-19(25(31(30,33)29(34)41)20-4-2-3-5-23(20)37)10-11-21-24(22)27(39)36(26(21)38)18-8-6-17(7-9-18)35-12-14-42-15-13-35/h2-10,21-22,24-25,37H,11-16H2,1H3. The molecule has 6 atom stereocenters. The van der Waals surface area contributed by atoms with E-state index in [4.69, 9.17) is 27.9 Å². The van der Waals surface area contributed by atoms with Gasteiger partial charge in [0.1, 0.15) is 5.75 Å². The van der Waals surface area contributed by atoms with Gasteiger partial charge in [-0.25, -0.2) is 0 Å². The summed E-state index contributed by atoms with van der Waals surface area (Å²) in [5, 5.41) is 10.9. The van der Waals surface area contributed by atoms with Crippen LogP contribution >= 0.6 is 23.2 Å². The monoisotopic (exact) mass is 609 g/mol. The molecule has 1 N–H and O–H groups in total. The van der Waals surface area contributed by atoms with Gasteiger partial charge in [-0.15, -0.1) is 23.2 Å². The number of benzene rings is 2. The van der Waals surface area contributed by atoms with Gasteiger partial charge in [-0.3, -0.25) is 29.0 Å². The molecule has 3 aliphatic heterocycles. The van der Waals surface area contributed by atoms with Crippen LogP contribution in [0.25, 0.3) is 0 Å². The number of allylic oxidation sites excluding steroid dienone is 2. The van der Waals surface area contributed by atoms with E-state index >= 15 is 0 Å². The van der Waals surface area contributed by atoms with Crippen LogP contribution in [0.15, 0.2) is 60.2 Å². The molecule has 4 fully saturated rings. The van der Waals surface area contributed by atoms with Gasteiger partial charge in [0.05, 0.1) is 30.7 Å². The Hall–Kier alpha value is -3.40. The van der Waals surface area contributed by atoms with Crippen molar-refractivity contribution in [2.45, 2.75) is 28.5 Å². The van der Waals surface area contributed by atoms with E-state index in [-0.39, 0.29) is 30.4 Å².